The van der Waals surface area contributed by atoms with Gasteiger partial charge in [0.2, 0.25) is 11.8 Å². The molecule has 0 radical (unpaired) electrons. The molecule has 0 aromatic carbocycles. The van der Waals surface area contributed by atoms with E-state index in [1.54, 1.807) is 24.3 Å². The van der Waals surface area contributed by atoms with Crippen molar-refractivity contribution in [3.63, 3.8) is 0 Å². The van der Waals surface area contributed by atoms with Crippen LogP contribution in [-0.4, -0.2) is 21.8 Å². The fourth-order valence-corrected chi connectivity index (χ4v) is 2.49. The fraction of sp³-hybridized carbons (Fsp3) is 0.200. The minimum atomic E-state index is -0.407. The molecule has 2 N–H and O–H groups in total. The van der Waals surface area contributed by atoms with Crippen LogP contribution in [0.5, 0.6) is 0 Å². The van der Waals surface area contributed by atoms with E-state index < -0.39 is 11.8 Å². The minimum Gasteiger partial charge on any atom is -0.309 e. The van der Waals surface area contributed by atoms with Crippen molar-refractivity contribution in [2.24, 2.45) is 11.8 Å². The van der Waals surface area contributed by atoms with E-state index in [0.717, 1.165) is 0 Å². The highest BCUT2D eigenvalue weighted by Gasteiger charge is 2.48. The highest BCUT2D eigenvalue weighted by molar-refractivity contribution is 6.33. The van der Waals surface area contributed by atoms with Gasteiger partial charge in [0, 0.05) is 12.4 Å². The van der Waals surface area contributed by atoms with Crippen molar-refractivity contribution in [2.45, 2.75) is 6.42 Å². The van der Waals surface area contributed by atoms with Crippen molar-refractivity contribution in [3.8, 4) is 0 Å². The zero-order chi connectivity index (χ0) is 16.4. The van der Waals surface area contributed by atoms with E-state index >= 15 is 0 Å². The number of nitrogens with zero attached hydrogens (tertiary/aromatic N) is 2. The summed E-state index contributed by atoms with van der Waals surface area (Å²) >= 11 is 11.9. The van der Waals surface area contributed by atoms with Crippen molar-refractivity contribution in [3.05, 3.63) is 46.7 Å². The topological polar surface area (TPSA) is 84.0 Å². The summed E-state index contributed by atoms with van der Waals surface area (Å²) in [6.45, 7) is 0. The number of aromatic nitrogens is 2. The molecule has 1 aliphatic rings. The van der Waals surface area contributed by atoms with E-state index in [1.165, 1.54) is 12.4 Å². The predicted molar refractivity (Wildman–Crippen MR) is 87.4 cm³/mol. The number of hydrogen-bond acceptors (Lipinski definition) is 4. The van der Waals surface area contributed by atoms with Crippen LogP contribution in [0.1, 0.15) is 6.42 Å². The highest BCUT2D eigenvalue weighted by Crippen LogP contribution is 2.40. The molecule has 0 bridgehead atoms. The number of amides is 2. The summed E-state index contributed by atoms with van der Waals surface area (Å²) in [5, 5.41) is 5.96. The van der Waals surface area contributed by atoms with E-state index in [9.17, 15) is 9.59 Å². The van der Waals surface area contributed by atoms with Gasteiger partial charge in [0.1, 0.15) is 0 Å². The van der Waals surface area contributed by atoms with Crippen molar-refractivity contribution in [1.82, 2.24) is 9.97 Å². The lowest BCUT2D eigenvalue weighted by molar-refractivity contribution is -0.122. The van der Waals surface area contributed by atoms with Crippen LogP contribution in [0.4, 0.5) is 11.6 Å². The van der Waals surface area contributed by atoms with E-state index in [0.29, 0.717) is 16.5 Å². The van der Waals surface area contributed by atoms with Crippen LogP contribution in [-0.2, 0) is 9.59 Å². The first kappa shape index (κ1) is 15.7. The quantitative estimate of drug-likeness (QED) is 0.887. The molecule has 1 aliphatic carbocycles. The first-order valence-corrected chi connectivity index (χ1v) is 7.64. The molecule has 2 aromatic rings. The maximum absolute atomic E-state index is 12.1. The van der Waals surface area contributed by atoms with Gasteiger partial charge in [-0.1, -0.05) is 23.2 Å². The average molecular weight is 351 g/mol. The van der Waals surface area contributed by atoms with Crippen LogP contribution in [0.15, 0.2) is 36.7 Å². The average Bonchev–Trinajstić information content (AvgIpc) is 3.32. The fourth-order valence-electron chi connectivity index (χ4n) is 2.15. The maximum atomic E-state index is 12.1. The third-order valence-corrected chi connectivity index (χ3v) is 4.07. The molecule has 23 heavy (non-hydrogen) atoms. The number of halogens is 2. The summed E-state index contributed by atoms with van der Waals surface area (Å²) in [5.74, 6) is -0.794. The van der Waals surface area contributed by atoms with Gasteiger partial charge in [-0.05, 0) is 30.7 Å². The van der Waals surface area contributed by atoms with Gasteiger partial charge in [0.15, 0.2) is 11.6 Å². The van der Waals surface area contributed by atoms with E-state index in [2.05, 4.69) is 20.6 Å². The van der Waals surface area contributed by atoms with Gasteiger partial charge in [-0.2, -0.15) is 0 Å². The van der Waals surface area contributed by atoms with Crippen molar-refractivity contribution in [1.29, 1.82) is 0 Å². The molecule has 0 saturated heterocycles. The van der Waals surface area contributed by atoms with E-state index in [4.69, 9.17) is 23.2 Å². The second-order valence-electron chi connectivity index (χ2n) is 5.09. The Morgan fingerprint density at radius 3 is 1.74 bits per heavy atom. The Labute approximate surface area is 142 Å². The lowest BCUT2D eigenvalue weighted by Crippen LogP contribution is -2.21. The van der Waals surface area contributed by atoms with Crippen LogP contribution in [0.3, 0.4) is 0 Å². The summed E-state index contributed by atoms with van der Waals surface area (Å²) in [6, 6.07) is 6.60. The molecule has 2 aromatic heterocycles. The zero-order valence-corrected chi connectivity index (χ0v) is 13.3. The normalized spacial score (nSPS) is 19.0. The molecule has 8 heteroatoms. The molecule has 1 fully saturated rings. The first-order valence-electron chi connectivity index (χ1n) is 6.89. The molecular weight excluding hydrogens is 339 g/mol. The smallest absolute Gasteiger partial charge is 0.229 e. The number of carbonyl (C=O) groups is 2. The van der Waals surface area contributed by atoms with Gasteiger partial charge in [0.05, 0.1) is 21.9 Å². The zero-order valence-electron chi connectivity index (χ0n) is 11.8. The molecule has 1 saturated carbocycles. The van der Waals surface area contributed by atoms with Crippen molar-refractivity contribution >= 4 is 46.7 Å². The van der Waals surface area contributed by atoms with Gasteiger partial charge in [-0.3, -0.25) is 9.59 Å². The maximum Gasteiger partial charge on any atom is 0.229 e. The summed E-state index contributed by atoms with van der Waals surface area (Å²) in [7, 11) is 0. The number of hydrogen-bond donors (Lipinski definition) is 2. The molecule has 6 nitrogen and oxygen atoms in total. The molecule has 2 atom stereocenters. The second kappa shape index (κ2) is 6.52. The van der Waals surface area contributed by atoms with Gasteiger partial charge in [0.25, 0.3) is 0 Å². The Kier molecular flexibility index (Phi) is 4.45. The summed E-state index contributed by atoms with van der Waals surface area (Å²) < 4.78 is 0. The monoisotopic (exact) mass is 350 g/mol. The Balaban J connectivity index is 1.58. The summed E-state index contributed by atoms with van der Waals surface area (Å²) in [5.41, 5.74) is 0. The van der Waals surface area contributed by atoms with Gasteiger partial charge in [-0.25, -0.2) is 9.97 Å². The van der Waals surface area contributed by atoms with Crippen molar-refractivity contribution < 1.29 is 9.59 Å². The SMILES string of the molecule is O=C(Nc1ncccc1Cl)[C@@H]1C[C@H]1C(=O)Nc1ncccc1Cl. The number of rotatable bonds is 4. The van der Waals surface area contributed by atoms with Crippen LogP contribution in [0.2, 0.25) is 10.0 Å². The molecule has 118 valence electrons. The Morgan fingerprint density at radius 1 is 0.913 bits per heavy atom. The molecular formula is C15H12Cl2N4O2. The standard InChI is InChI=1S/C15H12Cl2N4O2/c16-10-3-1-5-18-12(10)20-14(22)8-7-9(8)15(23)21-13-11(17)4-2-6-19-13/h1-6,8-9H,7H2,(H,18,20,22)(H,19,21,23)/t8-,9-/m1/s1. The predicted octanol–water partition coefficient (Wildman–Crippen LogP) is 3.00. The molecule has 0 unspecified atom stereocenters. The summed E-state index contributed by atoms with van der Waals surface area (Å²) in [6.07, 6.45) is 3.52. The highest BCUT2D eigenvalue weighted by atomic mass is 35.5. The van der Waals surface area contributed by atoms with Crippen LogP contribution in [0.25, 0.3) is 0 Å². The molecule has 0 aliphatic heterocycles. The number of carbonyl (C=O) groups excluding carboxylic acids is 2. The molecule has 2 amide bonds. The van der Waals surface area contributed by atoms with Gasteiger partial charge in [-0.15, -0.1) is 0 Å². The number of nitrogens with one attached hydrogen (secondary N) is 2. The molecule has 3 rings (SSSR count). The molecule has 0 spiro atoms. The van der Waals surface area contributed by atoms with E-state index in [-0.39, 0.29) is 23.5 Å². The third-order valence-electron chi connectivity index (χ3n) is 3.46. The van der Waals surface area contributed by atoms with Gasteiger partial charge >= 0.3 is 0 Å². The summed E-state index contributed by atoms with van der Waals surface area (Å²) in [4.78, 5) is 32.2. The van der Waals surface area contributed by atoms with E-state index in [1.807, 2.05) is 0 Å². The van der Waals surface area contributed by atoms with Crippen molar-refractivity contribution in [2.75, 3.05) is 10.6 Å². The first-order chi connectivity index (χ1) is 11.1. The lowest BCUT2D eigenvalue weighted by Gasteiger charge is -2.07. The minimum absolute atomic E-state index is 0.280. The largest absolute Gasteiger partial charge is 0.309 e. The Bertz CT molecular complexity index is 705. The third kappa shape index (κ3) is 3.60. The lowest BCUT2D eigenvalue weighted by atomic mass is 10.2. The van der Waals surface area contributed by atoms with Gasteiger partial charge < -0.3 is 10.6 Å². The van der Waals surface area contributed by atoms with Crippen LogP contribution < -0.4 is 10.6 Å². The number of pyridine rings is 2. The van der Waals surface area contributed by atoms with Crippen LogP contribution in [0, 0.1) is 11.8 Å². The van der Waals surface area contributed by atoms with Crippen LogP contribution >= 0.6 is 23.2 Å². The number of anilines is 2. The molecule has 2 heterocycles. The Hall–Kier alpha value is -2.18. The Morgan fingerprint density at radius 2 is 1.35 bits per heavy atom. The second-order valence-corrected chi connectivity index (χ2v) is 5.91.